The largest absolute Gasteiger partial charge is 0.413 e. The molecule has 0 spiro atoms. The number of hydrogen-bond donors (Lipinski definition) is 2. The number of thiophene rings is 1. The maximum Gasteiger partial charge on any atom is 0.413 e. The van der Waals surface area contributed by atoms with Crippen LogP contribution in [0.15, 0.2) is 35.7 Å². The number of rotatable bonds is 3. The third-order valence-electron chi connectivity index (χ3n) is 2.82. The van der Waals surface area contributed by atoms with Gasteiger partial charge >= 0.3 is 6.09 Å². The van der Waals surface area contributed by atoms with Crippen LogP contribution in [0.5, 0.6) is 5.75 Å². The Morgan fingerprint density at radius 3 is 2.35 bits per heavy atom. The summed E-state index contributed by atoms with van der Waals surface area (Å²) in [5.74, 6) is -0.0521. The van der Waals surface area contributed by atoms with E-state index >= 15 is 0 Å². The lowest BCUT2D eigenvalue weighted by molar-refractivity contribution is 0.102. The second kappa shape index (κ2) is 6.83. The Bertz CT molecular complexity index is 699. The third-order valence-corrected chi connectivity index (χ3v) is 3.72. The topological polar surface area (TPSA) is 67.4 Å². The molecule has 0 saturated carbocycles. The summed E-state index contributed by atoms with van der Waals surface area (Å²) in [5.41, 5.74) is 1.40. The Hall–Kier alpha value is -2.34. The third kappa shape index (κ3) is 5.10. The van der Waals surface area contributed by atoms with Gasteiger partial charge in [0.2, 0.25) is 0 Å². The summed E-state index contributed by atoms with van der Waals surface area (Å²) in [7, 11) is 0. The zero-order chi connectivity index (χ0) is 17.0. The smallest absolute Gasteiger partial charge is 0.409 e. The van der Waals surface area contributed by atoms with Gasteiger partial charge in [0.1, 0.15) is 4.88 Å². The van der Waals surface area contributed by atoms with Gasteiger partial charge in [-0.25, -0.2) is 4.79 Å². The molecule has 2 aromatic rings. The molecule has 0 aliphatic rings. The molecule has 1 aromatic heterocycles. The molecule has 0 bridgehead atoms. The van der Waals surface area contributed by atoms with E-state index in [2.05, 4.69) is 10.6 Å². The SMILES string of the molecule is Cc1ccc(NC(=O)c2sccc2OC(=O)NC(C)(C)C)cc1. The molecule has 6 heteroatoms. The van der Waals surface area contributed by atoms with Gasteiger partial charge in [0.25, 0.3) is 5.91 Å². The molecular weight excluding hydrogens is 312 g/mol. The van der Waals surface area contributed by atoms with Crippen LogP contribution in [0, 0.1) is 6.92 Å². The Balaban J connectivity index is 2.06. The van der Waals surface area contributed by atoms with Crippen LogP contribution in [0.1, 0.15) is 36.0 Å². The van der Waals surface area contributed by atoms with Gasteiger partial charge in [-0.15, -0.1) is 11.3 Å². The van der Waals surface area contributed by atoms with E-state index in [9.17, 15) is 9.59 Å². The first-order valence-electron chi connectivity index (χ1n) is 7.20. The lowest BCUT2D eigenvalue weighted by Crippen LogP contribution is -2.42. The molecule has 0 aliphatic heterocycles. The van der Waals surface area contributed by atoms with Gasteiger partial charge < -0.3 is 15.4 Å². The second-order valence-electron chi connectivity index (χ2n) is 6.20. The molecule has 0 aliphatic carbocycles. The molecule has 0 unspecified atom stereocenters. The number of anilines is 1. The fourth-order valence-corrected chi connectivity index (χ4v) is 2.51. The van der Waals surface area contributed by atoms with Gasteiger partial charge in [-0.2, -0.15) is 0 Å². The molecule has 2 amide bonds. The van der Waals surface area contributed by atoms with Gasteiger partial charge in [-0.05, 0) is 51.3 Å². The summed E-state index contributed by atoms with van der Waals surface area (Å²) in [6.45, 7) is 7.54. The molecule has 1 aromatic carbocycles. The average Bonchev–Trinajstić information content (AvgIpc) is 2.87. The molecule has 0 saturated heterocycles. The number of amides is 2. The Morgan fingerprint density at radius 1 is 1.09 bits per heavy atom. The Labute approximate surface area is 139 Å². The van der Waals surface area contributed by atoms with E-state index in [1.165, 1.54) is 11.3 Å². The van der Waals surface area contributed by atoms with Crippen molar-refractivity contribution < 1.29 is 14.3 Å². The van der Waals surface area contributed by atoms with Gasteiger partial charge in [-0.1, -0.05) is 17.7 Å². The number of nitrogens with one attached hydrogen (secondary N) is 2. The van der Waals surface area contributed by atoms with E-state index in [1.54, 1.807) is 11.4 Å². The second-order valence-corrected chi connectivity index (χ2v) is 7.11. The van der Waals surface area contributed by atoms with E-state index in [4.69, 9.17) is 4.74 Å². The number of ether oxygens (including phenoxy) is 1. The zero-order valence-electron chi connectivity index (χ0n) is 13.6. The zero-order valence-corrected chi connectivity index (χ0v) is 14.4. The predicted molar refractivity (Wildman–Crippen MR) is 92.4 cm³/mol. The maximum absolute atomic E-state index is 12.3. The van der Waals surface area contributed by atoms with Crippen LogP contribution in [-0.4, -0.2) is 17.5 Å². The van der Waals surface area contributed by atoms with E-state index < -0.39 is 11.6 Å². The van der Waals surface area contributed by atoms with E-state index in [1.807, 2.05) is 52.0 Å². The van der Waals surface area contributed by atoms with Gasteiger partial charge in [0.05, 0.1) is 0 Å². The molecule has 2 rings (SSSR count). The van der Waals surface area contributed by atoms with Crippen LogP contribution in [0.4, 0.5) is 10.5 Å². The summed E-state index contributed by atoms with van der Waals surface area (Å²) < 4.78 is 5.24. The van der Waals surface area contributed by atoms with Crippen LogP contribution in [0.2, 0.25) is 0 Å². The van der Waals surface area contributed by atoms with Gasteiger partial charge in [0, 0.05) is 11.2 Å². The summed E-state index contributed by atoms with van der Waals surface area (Å²) >= 11 is 1.22. The summed E-state index contributed by atoms with van der Waals surface area (Å²) in [6, 6.07) is 9.09. The number of benzene rings is 1. The van der Waals surface area contributed by atoms with Crippen molar-refractivity contribution >= 4 is 29.0 Å². The average molecular weight is 332 g/mol. The fraction of sp³-hybridized carbons (Fsp3) is 0.294. The van der Waals surface area contributed by atoms with Crippen molar-refractivity contribution in [1.82, 2.24) is 5.32 Å². The normalized spacial score (nSPS) is 11.0. The predicted octanol–water partition coefficient (Wildman–Crippen LogP) is 4.20. The van der Waals surface area contributed by atoms with Crippen molar-refractivity contribution in [3.05, 3.63) is 46.2 Å². The lowest BCUT2D eigenvalue weighted by Gasteiger charge is -2.19. The first-order valence-corrected chi connectivity index (χ1v) is 8.08. The van der Waals surface area contributed by atoms with Crippen LogP contribution in [0.25, 0.3) is 0 Å². The summed E-state index contributed by atoms with van der Waals surface area (Å²) in [6.07, 6.45) is -0.583. The minimum Gasteiger partial charge on any atom is -0.409 e. The van der Waals surface area contributed by atoms with Crippen molar-refractivity contribution in [2.75, 3.05) is 5.32 Å². The molecule has 23 heavy (non-hydrogen) atoms. The molecule has 0 fully saturated rings. The first kappa shape index (κ1) is 17.0. The van der Waals surface area contributed by atoms with Crippen molar-refractivity contribution in [2.45, 2.75) is 33.2 Å². The monoisotopic (exact) mass is 332 g/mol. The lowest BCUT2D eigenvalue weighted by atomic mass is 10.1. The number of hydrogen-bond acceptors (Lipinski definition) is 4. The van der Waals surface area contributed by atoms with Gasteiger partial charge in [-0.3, -0.25) is 4.79 Å². The van der Waals surface area contributed by atoms with E-state index in [-0.39, 0.29) is 11.7 Å². The minimum atomic E-state index is -0.583. The highest BCUT2D eigenvalue weighted by atomic mass is 32.1. The van der Waals surface area contributed by atoms with Crippen LogP contribution in [0.3, 0.4) is 0 Å². The van der Waals surface area contributed by atoms with E-state index in [0.29, 0.717) is 10.6 Å². The molecule has 5 nitrogen and oxygen atoms in total. The molecular formula is C17H20N2O3S. The molecule has 2 N–H and O–H groups in total. The first-order chi connectivity index (χ1) is 10.7. The summed E-state index contributed by atoms with van der Waals surface area (Å²) in [5, 5.41) is 7.20. The van der Waals surface area contributed by atoms with Crippen molar-refractivity contribution in [3.8, 4) is 5.75 Å². The molecule has 0 radical (unpaired) electrons. The number of carbonyl (C=O) groups is 2. The minimum absolute atomic E-state index is 0.251. The highest BCUT2D eigenvalue weighted by Crippen LogP contribution is 2.26. The molecule has 1 heterocycles. The van der Waals surface area contributed by atoms with Crippen molar-refractivity contribution in [2.24, 2.45) is 0 Å². The maximum atomic E-state index is 12.3. The van der Waals surface area contributed by atoms with Crippen LogP contribution < -0.4 is 15.4 Å². The van der Waals surface area contributed by atoms with Crippen LogP contribution >= 0.6 is 11.3 Å². The van der Waals surface area contributed by atoms with Gasteiger partial charge in [0.15, 0.2) is 5.75 Å². The highest BCUT2D eigenvalue weighted by Gasteiger charge is 2.20. The Kier molecular flexibility index (Phi) is 5.05. The van der Waals surface area contributed by atoms with Crippen molar-refractivity contribution in [3.63, 3.8) is 0 Å². The van der Waals surface area contributed by atoms with Crippen molar-refractivity contribution in [1.29, 1.82) is 0 Å². The highest BCUT2D eigenvalue weighted by molar-refractivity contribution is 7.12. The molecule has 122 valence electrons. The number of aryl methyl sites for hydroxylation is 1. The van der Waals surface area contributed by atoms with E-state index in [0.717, 1.165) is 5.56 Å². The fourth-order valence-electron chi connectivity index (χ4n) is 1.80. The summed E-state index contributed by atoms with van der Waals surface area (Å²) in [4.78, 5) is 24.5. The molecule has 0 atom stereocenters. The quantitative estimate of drug-likeness (QED) is 0.885. The Morgan fingerprint density at radius 2 is 1.74 bits per heavy atom. The number of carbonyl (C=O) groups excluding carboxylic acids is 2. The standard InChI is InChI=1S/C17H20N2O3S/c1-11-5-7-12(8-6-11)18-15(20)14-13(9-10-23-14)22-16(21)19-17(2,3)4/h5-10H,1-4H3,(H,18,20)(H,19,21). The van der Waals surface area contributed by atoms with Crippen LogP contribution in [-0.2, 0) is 0 Å².